The number of halogens is 4. The first-order chi connectivity index (χ1) is 34.9. The van der Waals surface area contributed by atoms with Crippen LogP contribution < -0.4 is 18.9 Å². The van der Waals surface area contributed by atoms with E-state index >= 15 is 0 Å². The number of hydrogen-bond donors (Lipinski definition) is 2. The summed E-state index contributed by atoms with van der Waals surface area (Å²) >= 11 is 0. The van der Waals surface area contributed by atoms with Crippen molar-refractivity contribution >= 4 is 5.78 Å². The molecule has 0 saturated carbocycles. The predicted octanol–water partition coefficient (Wildman–Crippen LogP) is 9.13. The number of carbonyl (C=O) groups excluding carboxylic acids is 1. The van der Waals surface area contributed by atoms with Gasteiger partial charge in [-0.3, -0.25) is 14.6 Å². The summed E-state index contributed by atoms with van der Waals surface area (Å²) in [7, 11) is 0. The number of aliphatic hydroxyl groups excluding tert-OH is 1. The number of ketones is 1. The van der Waals surface area contributed by atoms with E-state index in [0.717, 1.165) is 33.4 Å². The van der Waals surface area contributed by atoms with Gasteiger partial charge in [0, 0.05) is 26.2 Å². The molecule has 5 aliphatic rings. The number of fused-ring (bicyclic) bond motifs is 4. The highest BCUT2D eigenvalue weighted by atomic mass is 19.1. The lowest BCUT2D eigenvalue weighted by atomic mass is 9.93. The standard InChI is InChI=1S/2C29H29F2NO4/c30-22-8-11-24-20(14-22)6-10-26(34-24)27-17-32(16-19-4-2-1-3-5-19)18-29(33,36-27)28-13-7-21-15-23(31)9-12-25(21)35-28;30-22-8-12-26-20(14-22)6-10-28(35-26)24(33)17-32(16-19-4-2-1-3-5-19)18-25(34)29-11-7-21-15-23(31)9-13-27(21)36-29/h1-5,8-9,11-12,14-15,26-28,33H,6-7,10,13,16-18H2;1-5,8-9,12-15,24,28-29,33H,6-7,10-11,16-18H2/t26-,27?,28-,29?;24-,28+,29?/m10/s1. The van der Waals surface area contributed by atoms with E-state index in [1.165, 1.54) is 48.5 Å². The average Bonchev–Trinajstić information content (AvgIpc) is 3.38. The Balaban J connectivity index is 0.000000166. The van der Waals surface area contributed by atoms with Crippen LogP contribution in [0.1, 0.15) is 59.1 Å². The van der Waals surface area contributed by atoms with E-state index in [1.807, 2.05) is 53.4 Å². The molecule has 6 aromatic rings. The van der Waals surface area contributed by atoms with E-state index in [-0.39, 0.29) is 54.8 Å². The zero-order valence-corrected chi connectivity index (χ0v) is 39.8. The summed E-state index contributed by atoms with van der Waals surface area (Å²) in [4.78, 5) is 17.3. The number of ether oxygens (including phenoxy) is 5. The van der Waals surface area contributed by atoms with Crippen LogP contribution in [0.3, 0.4) is 0 Å². The predicted molar refractivity (Wildman–Crippen MR) is 261 cm³/mol. The van der Waals surface area contributed by atoms with Crippen LogP contribution in [0.4, 0.5) is 17.6 Å². The minimum absolute atomic E-state index is 0.0847. The molecule has 0 aliphatic carbocycles. The topological polar surface area (TPSA) is 110 Å². The molecule has 0 amide bonds. The SMILES string of the molecule is O=C(CN(Cc1ccccc1)C[C@H](O)[C@H]1CCc2cc(F)ccc2O1)C1CCc2cc(F)ccc2O1.OC1([C@H]2CCc3cc(F)ccc3O2)CN(Cc2ccccc2)CC([C@H]2CCc3cc(F)ccc3O2)O1. The van der Waals surface area contributed by atoms with Gasteiger partial charge in [-0.25, -0.2) is 17.6 Å². The number of aryl methyl sites for hydroxylation is 4. The van der Waals surface area contributed by atoms with Crippen molar-refractivity contribution in [3.05, 3.63) is 190 Å². The van der Waals surface area contributed by atoms with Gasteiger partial charge in [0.1, 0.15) is 70.7 Å². The van der Waals surface area contributed by atoms with Crippen molar-refractivity contribution in [2.45, 2.75) is 107 Å². The number of hydrogen-bond acceptors (Lipinski definition) is 10. The van der Waals surface area contributed by atoms with Gasteiger partial charge in [-0.15, -0.1) is 0 Å². The molecule has 5 aliphatic heterocycles. The Hall–Kier alpha value is -6.29. The molecule has 6 aromatic carbocycles. The Morgan fingerprint density at radius 1 is 0.611 bits per heavy atom. The number of morpholine rings is 1. The van der Waals surface area contributed by atoms with Crippen molar-refractivity contribution in [2.75, 3.05) is 26.2 Å². The summed E-state index contributed by atoms with van der Waals surface area (Å²) in [6, 6.07) is 37.7. The lowest BCUT2D eigenvalue weighted by Gasteiger charge is -2.49. The number of aliphatic hydroxyl groups is 2. The van der Waals surface area contributed by atoms with Crippen molar-refractivity contribution < 1.29 is 56.3 Å². The molecule has 11 rings (SSSR count). The monoisotopic (exact) mass is 986 g/mol. The smallest absolute Gasteiger partial charge is 0.217 e. The van der Waals surface area contributed by atoms with Gasteiger partial charge in [0.05, 0.1) is 13.1 Å². The van der Waals surface area contributed by atoms with Gasteiger partial charge >= 0.3 is 0 Å². The molecule has 1 fully saturated rings. The molecule has 1 saturated heterocycles. The highest BCUT2D eigenvalue weighted by Gasteiger charge is 2.50. The summed E-state index contributed by atoms with van der Waals surface area (Å²) in [5, 5.41) is 23.0. The van der Waals surface area contributed by atoms with Crippen molar-refractivity contribution in [1.82, 2.24) is 9.80 Å². The van der Waals surface area contributed by atoms with Gasteiger partial charge in [0.15, 0.2) is 18.0 Å². The maximum Gasteiger partial charge on any atom is 0.217 e. The molecule has 7 atom stereocenters. The quantitative estimate of drug-likeness (QED) is 0.115. The Morgan fingerprint density at radius 2 is 1.12 bits per heavy atom. The molecule has 0 spiro atoms. The van der Waals surface area contributed by atoms with Crippen LogP contribution in [0.2, 0.25) is 0 Å². The highest BCUT2D eigenvalue weighted by Crippen LogP contribution is 2.39. The Kier molecular flexibility index (Phi) is 14.9. The van der Waals surface area contributed by atoms with E-state index in [9.17, 15) is 32.6 Å². The normalized spacial score (nSPS) is 23.7. The van der Waals surface area contributed by atoms with Crippen LogP contribution in [0, 0.1) is 23.3 Å². The lowest BCUT2D eigenvalue weighted by molar-refractivity contribution is -0.315. The minimum atomic E-state index is -1.57. The molecule has 3 unspecified atom stereocenters. The zero-order chi connectivity index (χ0) is 49.8. The first kappa shape index (κ1) is 49.3. The Bertz CT molecular complexity index is 2840. The second-order valence-electron chi connectivity index (χ2n) is 19.5. The Labute approximate surface area is 416 Å². The van der Waals surface area contributed by atoms with E-state index in [4.69, 9.17) is 23.7 Å². The fraction of sp³-hybridized carbons (Fsp3) is 0.362. The maximum absolute atomic E-state index is 13.7. The fourth-order valence-corrected chi connectivity index (χ4v) is 10.6. The van der Waals surface area contributed by atoms with Crippen LogP contribution in [0.25, 0.3) is 0 Å². The van der Waals surface area contributed by atoms with E-state index < -0.39 is 36.3 Å². The number of β-amino-alcohol motifs (C(OH)–C–C–N with tert-alkyl or cyclic N) is 1. The molecule has 0 bridgehead atoms. The summed E-state index contributed by atoms with van der Waals surface area (Å²) in [6.45, 7) is 2.30. The molecule has 14 heteroatoms. The third-order valence-corrected chi connectivity index (χ3v) is 14.2. The van der Waals surface area contributed by atoms with Gasteiger partial charge in [0.25, 0.3) is 0 Å². The molecule has 376 valence electrons. The molecule has 0 aromatic heterocycles. The number of benzene rings is 6. The lowest BCUT2D eigenvalue weighted by Crippen LogP contribution is -2.65. The summed E-state index contributed by atoms with van der Waals surface area (Å²) in [5.41, 5.74) is 5.36. The molecule has 2 N–H and O–H groups in total. The minimum Gasteiger partial charge on any atom is -0.487 e. The first-order valence-electron chi connectivity index (χ1n) is 24.8. The molecule has 0 radical (unpaired) electrons. The van der Waals surface area contributed by atoms with E-state index in [1.54, 1.807) is 24.3 Å². The van der Waals surface area contributed by atoms with Gasteiger partial charge in [-0.2, -0.15) is 0 Å². The molecular weight excluding hydrogens is 929 g/mol. The fourth-order valence-electron chi connectivity index (χ4n) is 10.6. The van der Waals surface area contributed by atoms with Gasteiger partial charge in [-0.1, -0.05) is 60.7 Å². The Morgan fingerprint density at radius 3 is 1.74 bits per heavy atom. The van der Waals surface area contributed by atoms with Gasteiger partial charge < -0.3 is 33.9 Å². The molecule has 5 heterocycles. The second kappa shape index (κ2) is 21.8. The zero-order valence-electron chi connectivity index (χ0n) is 39.8. The maximum atomic E-state index is 13.7. The molecular formula is C58H58F4N2O8. The van der Waals surface area contributed by atoms with Crippen LogP contribution >= 0.6 is 0 Å². The third-order valence-electron chi connectivity index (χ3n) is 14.2. The third kappa shape index (κ3) is 11.8. The van der Waals surface area contributed by atoms with Crippen molar-refractivity contribution in [2.24, 2.45) is 0 Å². The van der Waals surface area contributed by atoms with Crippen LogP contribution in [-0.2, 0) is 48.3 Å². The number of carbonyl (C=O) groups is 1. The number of Topliss-reactive ketones (excluding diaryl/α,β-unsaturated/α-hetero) is 1. The first-order valence-corrected chi connectivity index (χ1v) is 24.8. The van der Waals surface area contributed by atoms with Gasteiger partial charge in [0.2, 0.25) is 5.79 Å². The molecule has 10 nitrogen and oxygen atoms in total. The summed E-state index contributed by atoms with van der Waals surface area (Å²) in [6.07, 6.45) is 1.42. The summed E-state index contributed by atoms with van der Waals surface area (Å²) < 4.78 is 85.2. The highest BCUT2D eigenvalue weighted by molar-refractivity contribution is 5.85. The average molecular weight is 987 g/mol. The van der Waals surface area contributed by atoms with Crippen molar-refractivity contribution in [1.29, 1.82) is 0 Å². The summed E-state index contributed by atoms with van der Waals surface area (Å²) in [5.74, 6) is -0.491. The molecule has 72 heavy (non-hydrogen) atoms. The largest absolute Gasteiger partial charge is 0.487 e. The number of nitrogens with zero attached hydrogens (tertiary/aromatic N) is 2. The van der Waals surface area contributed by atoms with Crippen LogP contribution in [0.15, 0.2) is 133 Å². The van der Waals surface area contributed by atoms with Crippen LogP contribution in [-0.4, -0.2) is 94.4 Å². The number of rotatable bonds is 12. The van der Waals surface area contributed by atoms with Crippen molar-refractivity contribution in [3.8, 4) is 23.0 Å². The van der Waals surface area contributed by atoms with Crippen molar-refractivity contribution in [3.63, 3.8) is 0 Å². The van der Waals surface area contributed by atoms with Gasteiger partial charge in [-0.05, 0) is 158 Å². The second-order valence-corrected chi connectivity index (χ2v) is 19.5. The van der Waals surface area contributed by atoms with E-state index in [0.29, 0.717) is 94.0 Å². The van der Waals surface area contributed by atoms with Crippen LogP contribution in [0.5, 0.6) is 23.0 Å². The van der Waals surface area contributed by atoms with E-state index in [2.05, 4.69) is 17.0 Å².